The first kappa shape index (κ1) is 12.0. The Morgan fingerprint density at radius 2 is 2.12 bits per heavy atom. The Balaban J connectivity index is 2.11. The second kappa shape index (κ2) is 5.21. The standard InChI is InChI=1S/C14H19NO2/c1-17-11-6-7-13(15)12(9-11)14(16)8-10-4-2-3-5-10/h6-7,9-10H,2-5,8,15H2,1H3. The van der Waals surface area contributed by atoms with Crippen molar-refractivity contribution in [1.82, 2.24) is 0 Å². The monoisotopic (exact) mass is 233 g/mol. The van der Waals surface area contributed by atoms with Crippen LogP contribution in [0.2, 0.25) is 0 Å². The predicted octanol–water partition coefficient (Wildman–Crippen LogP) is 3.04. The largest absolute Gasteiger partial charge is 0.497 e. The number of ether oxygens (including phenoxy) is 1. The maximum Gasteiger partial charge on any atom is 0.165 e. The zero-order valence-electron chi connectivity index (χ0n) is 10.2. The molecule has 2 rings (SSSR count). The van der Waals surface area contributed by atoms with Crippen LogP contribution >= 0.6 is 0 Å². The van der Waals surface area contributed by atoms with Gasteiger partial charge in [-0.15, -0.1) is 0 Å². The SMILES string of the molecule is COc1ccc(N)c(C(=O)CC2CCCC2)c1. The zero-order chi connectivity index (χ0) is 12.3. The summed E-state index contributed by atoms with van der Waals surface area (Å²) in [6, 6.07) is 5.26. The van der Waals surface area contributed by atoms with Crippen molar-refractivity contribution in [2.75, 3.05) is 12.8 Å². The molecule has 2 N–H and O–H groups in total. The highest BCUT2D eigenvalue weighted by Crippen LogP contribution is 2.30. The van der Waals surface area contributed by atoms with E-state index in [2.05, 4.69) is 0 Å². The zero-order valence-corrected chi connectivity index (χ0v) is 10.2. The van der Waals surface area contributed by atoms with Gasteiger partial charge >= 0.3 is 0 Å². The van der Waals surface area contributed by atoms with Gasteiger partial charge in [-0.3, -0.25) is 4.79 Å². The van der Waals surface area contributed by atoms with E-state index in [1.165, 1.54) is 25.7 Å². The van der Waals surface area contributed by atoms with Crippen molar-refractivity contribution in [3.8, 4) is 5.75 Å². The second-order valence-electron chi connectivity index (χ2n) is 4.73. The third kappa shape index (κ3) is 2.78. The Labute approximate surface area is 102 Å². The summed E-state index contributed by atoms with van der Waals surface area (Å²) in [5.41, 5.74) is 7.00. The van der Waals surface area contributed by atoms with E-state index in [9.17, 15) is 4.79 Å². The van der Waals surface area contributed by atoms with Crippen molar-refractivity contribution < 1.29 is 9.53 Å². The fourth-order valence-electron chi connectivity index (χ4n) is 2.49. The van der Waals surface area contributed by atoms with Crippen molar-refractivity contribution in [2.24, 2.45) is 5.92 Å². The fraction of sp³-hybridized carbons (Fsp3) is 0.500. The van der Waals surface area contributed by atoms with Crippen LogP contribution in [0.5, 0.6) is 5.75 Å². The van der Waals surface area contributed by atoms with Gasteiger partial charge in [0.15, 0.2) is 5.78 Å². The molecule has 0 spiro atoms. The maximum atomic E-state index is 12.2. The Hall–Kier alpha value is -1.51. The third-order valence-electron chi connectivity index (χ3n) is 3.51. The van der Waals surface area contributed by atoms with Crippen LogP contribution in [-0.4, -0.2) is 12.9 Å². The van der Waals surface area contributed by atoms with Crippen molar-refractivity contribution in [3.05, 3.63) is 23.8 Å². The lowest BCUT2D eigenvalue weighted by atomic mass is 9.96. The minimum Gasteiger partial charge on any atom is -0.497 e. The molecular formula is C14H19NO2. The number of methoxy groups -OCH3 is 1. The van der Waals surface area contributed by atoms with Crippen LogP contribution in [0.25, 0.3) is 0 Å². The second-order valence-corrected chi connectivity index (χ2v) is 4.73. The van der Waals surface area contributed by atoms with E-state index in [1.807, 2.05) is 0 Å². The van der Waals surface area contributed by atoms with Crippen LogP contribution in [0, 0.1) is 5.92 Å². The molecule has 1 saturated carbocycles. The van der Waals surface area contributed by atoms with E-state index < -0.39 is 0 Å². The van der Waals surface area contributed by atoms with Gasteiger partial charge in [0.1, 0.15) is 5.75 Å². The number of benzene rings is 1. The summed E-state index contributed by atoms with van der Waals surface area (Å²) in [5, 5.41) is 0. The first-order valence-corrected chi connectivity index (χ1v) is 6.17. The molecule has 0 heterocycles. The molecule has 0 aliphatic heterocycles. The van der Waals surface area contributed by atoms with Gasteiger partial charge in [-0.1, -0.05) is 25.7 Å². The highest BCUT2D eigenvalue weighted by Gasteiger charge is 2.20. The van der Waals surface area contributed by atoms with E-state index in [4.69, 9.17) is 10.5 Å². The van der Waals surface area contributed by atoms with Crippen LogP contribution in [0.1, 0.15) is 42.5 Å². The van der Waals surface area contributed by atoms with E-state index in [0.717, 1.165) is 0 Å². The van der Waals surface area contributed by atoms with Gasteiger partial charge in [-0.25, -0.2) is 0 Å². The predicted molar refractivity (Wildman–Crippen MR) is 68.3 cm³/mol. The van der Waals surface area contributed by atoms with Gasteiger partial charge in [0.05, 0.1) is 7.11 Å². The number of rotatable bonds is 4. The number of nitrogen functional groups attached to an aromatic ring is 1. The molecule has 1 aromatic carbocycles. The maximum absolute atomic E-state index is 12.2. The number of nitrogens with two attached hydrogens (primary N) is 1. The molecule has 92 valence electrons. The number of carbonyl (C=O) groups is 1. The Morgan fingerprint density at radius 1 is 1.41 bits per heavy atom. The minimum absolute atomic E-state index is 0.147. The van der Waals surface area contributed by atoms with Gasteiger partial charge in [0.2, 0.25) is 0 Å². The summed E-state index contributed by atoms with van der Waals surface area (Å²) in [6.07, 6.45) is 5.49. The summed E-state index contributed by atoms with van der Waals surface area (Å²) in [6.45, 7) is 0. The van der Waals surface area contributed by atoms with E-state index in [1.54, 1.807) is 25.3 Å². The molecule has 0 atom stereocenters. The van der Waals surface area contributed by atoms with Gasteiger partial charge in [0.25, 0.3) is 0 Å². The number of Topliss-reactive ketones (excluding diaryl/α,β-unsaturated/α-hetero) is 1. The smallest absolute Gasteiger partial charge is 0.165 e. The molecule has 1 aliphatic carbocycles. The van der Waals surface area contributed by atoms with Crippen LogP contribution < -0.4 is 10.5 Å². The molecule has 3 nitrogen and oxygen atoms in total. The van der Waals surface area contributed by atoms with Gasteiger partial charge in [0, 0.05) is 17.7 Å². The molecule has 0 unspecified atom stereocenters. The fourth-order valence-corrected chi connectivity index (χ4v) is 2.49. The summed E-state index contributed by atoms with van der Waals surface area (Å²) in [7, 11) is 1.59. The molecule has 17 heavy (non-hydrogen) atoms. The molecule has 0 bridgehead atoms. The molecule has 3 heteroatoms. The summed E-state index contributed by atoms with van der Waals surface area (Å²) >= 11 is 0. The lowest BCUT2D eigenvalue weighted by molar-refractivity contribution is 0.0962. The first-order valence-electron chi connectivity index (χ1n) is 6.17. The van der Waals surface area contributed by atoms with Gasteiger partial charge in [-0.2, -0.15) is 0 Å². The van der Waals surface area contributed by atoms with Gasteiger partial charge in [-0.05, 0) is 24.1 Å². The molecule has 0 radical (unpaired) electrons. The molecule has 1 aromatic rings. The lowest BCUT2D eigenvalue weighted by Gasteiger charge is -2.10. The number of hydrogen-bond donors (Lipinski definition) is 1. The van der Waals surface area contributed by atoms with Crippen LogP contribution in [0.15, 0.2) is 18.2 Å². The molecule has 1 fully saturated rings. The Kier molecular flexibility index (Phi) is 3.67. The van der Waals surface area contributed by atoms with Crippen molar-refractivity contribution in [2.45, 2.75) is 32.1 Å². The quantitative estimate of drug-likeness (QED) is 0.642. The van der Waals surface area contributed by atoms with Crippen LogP contribution in [0.4, 0.5) is 5.69 Å². The number of anilines is 1. The molecule has 0 aromatic heterocycles. The van der Waals surface area contributed by atoms with E-state index in [-0.39, 0.29) is 5.78 Å². The Morgan fingerprint density at radius 3 is 2.76 bits per heavy atom. The number of hydrogen-bond acceptors (Lipinski definition) is 3. The molecule has 0 amide bonds. The summed E-state index contributed by atoms with van der Waals surface area (Å²) in [4.78, 5) is 12.2. The normalized spacial score (nSPS) is 16.1. The highest BCUT2D eigenvalue weighted by atomic mass is 16.5. The lowest BCUT2D eigenvalue weighted by Crippen LogP contribution is -2.08. The average Bonchev–Trinajstić information content (AvgIpc) is 2.82. The van der Waals surface area contributed by atoms with Crippen LogP contribution in [0.3, 0.4) is 0 Å². The van der Waals surface area contributed by atoms with E-state index >= 15 is 0 Å². The number of carbonyl (C=O) groups excluding carboxylic acids is 1. The highest BCUT2D eigenvalue weighted by molar-refractivity contribution is 6.01. The molecular weight excluding hydrogens is 214 g/mol. The van der Waals surface area contributed by atoms with Crippen molar-refractivity contribution >= 4 is 11.5 Å². The first-order chi connectivity index (χ1) is 8.20. The van der Waals surface area contributed by atoms with Crippen LogP contribution in [-0.2, 0) is 0 Å². The molecule has 1 aliphatic rings. The minimum atomic E-state index is 0.147. The van der Waals surface area contributed by atoms with Gasteiger partial charge < -0.3 is 10.5 Å². The topological polar surface area (TPSA) is 52.3 Å². The van der Waals surface area contributed by atoms with E-state index in [0.29, 0.717) is 29.3 Å². The number of ketones is 1. The average molecular weight is 233 g/mol. The summed E-state index contributed by atoms with van der Waals surface area (Å²) < 4.78 is 5.12. The summed E-state index contributed by atoms with van der Waals surface area (Å²) in [5.74, 6) is 1.38. The molecule has 0 saturated heterocycles. The van der Waals surface area contributed by atoms with Crippen molar-refractivity contribution in [1.29, 1.82) is 0 Å². The Bertz CT molecular complexity index is 409. The third-order valence-corrected chi connectivity index (χ3v) is 3.51. The van der Waals surface area contributed by atoms with Crippen molar-refractivity contribution in [3.63, 3.8) is 0 Å².